The Kier molecular flexibility index (Phi) is 4.42. The molecule has 0 aliphatic rings. The van der Waals surface area contributed by atoms with E-state index < -0.39 is 23.8 Å². The van der Waals surface area contributed by atoms with E-state index in [0.717, 1.165) is 26.4 Å². The minimum absolute atomic E-state index is 0.263. The molecule has 8 nitrogen and oxygen atoms in total. The molecular formula is C12H12N2O6. The quantitative estimate of drug-likeness (QED) is 0.710. The lowest BCUT2D eigenvalue weighted by Crippen LogP contribution is -2.23. The molecule has 0 aliphatic carbocycles. The number of benzene rings is 1. The smallest absolute Gasteiger partial charge is 0.338 e. The average molecular weight is 280 g/mol. The number of amides is 2. The molecule has 1 aromatic carbocycles. The van der Waals surface area contributed by atoms with E-state index in [2.05, 4.69) is 9.47 Å². The molecule has 0 saturated heterocycles. The molecule has 0 fully saturated rings. The van der Waals surface area contributed by atoms with Gasteiger partial charge in [-0.15, -0.1) is 0 Å². The minimum atomic E-state index is -0.966. The van der Waals surface area contributed by atoms with Gasteiger partial charge in [0.1, 0.15) is 0 Å². The Balaban J connectivity index is 3.68. The lowest BCUT2D eigenvalue weighted by Gasteiger charge is -2.10. The van der Waals surface area contributed by atoms with Crippen LogP contribution in [0.5, 0.6) is 0 Å². The van der Waals surface area contributed by atoms with Gasteiger partial charge in [-0.2, -0.15) is 0 Å². The van der Waals surface area contributed by atoms with Crippen LogP contribution in [0.4, 0.5) is 0 Å². The number of hydrogen-bond acceptors (Lipinski definition) is 6. The molecule has 4 N–H and O–H groups in total. The topological polar surface area (TPSA) is 139 Å². The third kappa shape index (κ3) is 2.74. The van der Waals surface area contributed by atoms with E-state index in [4.69, 9.17) is 11.5 Å². The standard InChI is InChI=1S/C12H12N2O6/c1-19-11(17)7-3-6(10(14)16)8(12(18)20-2)4-5(7)9(13)15/h3-4H,1-2H3,(H2,13,15)(H2,14,16). The number of hydrogen-bond donors (Lipinski definition) is 2. The summed E-state index contributed by atoms with van der Waals surface area (Å²) in [5.41, 5.74) is 9.18. The third-order valence-electron chi connectivity index (χ3n) is 2.50. The molecular weight excluding hydrogens is 268 g/mol. The maximum atomic E-state index is 11.6. The Morgan fingerprint density at radius 2 is 1.05 bits per heavy atom. The first-order chi connectivity index (χ1) is 9.33. The van der Waals surface area contributed by atoms with Gasteiger partial charge in [-0.25, -0.2) is 9.59 Å². The number of carbonyl (C=O) groups excluding carboxylic acids is 4. The molecule has 1 aromatic rings. The zero-order valence-electron chi connectivity index (χ0n) is 10.8. The first-order valence-corrected chi connectivity index (χ1v) is 5.27. The van der Waals surface area contributed by atoms with Gasteiger partial charge in [-0.3, -0.25) is 9.59 Å². The van der Waals surface area contributed by atoms with Crippen molar-refractivity contribution >= 4 is 23.8 Å². The predicted octanol–water partition coefficient (Wildman–Crippen LogP) is -0.542. The SMILES string of the molecule is COC(=O)c1cc(C(N)=O)c(C(=O)OC)cc1C(N)=O. The summed E-state index contributed by atoms with van der Waals surface area (Å²) in [7, 11) is 2.18. The Bertz CT molecular complexity index is 554. The largest absolute Gasteiger partial charge is 0.465 e. The van der Waals surface area contributed by atoms with Crippen LogP contribution in [0.3, 0.4) is 0 Å². The van der Waals surface area contributed by atoms with Gasteiger partial charge in [0.15, 0.2) is 0 Å². The van der Waals surface area contributed by atoms with Crippen LogP contribution in [0.1, 0.15) is 41.4 Å². The van der Waals surface area contributed by atoms with Crippen molar-refractivity contribution in [2.75, 3.05) is 14.2 Å². The van der Waals surface area contributed by atoms with Gasteiger partial charge in [-0.05, 0) is 12.1 Å². The van der Waals surface area contributed by atoms with Crippen LogP contribution in [0, 0.1) is 0 Å². The normalized spacial score (nSPS) is 9.70. The van der Waals surface area contributed by atoms with Crippen molar-refractivity contribution in [3.8, 4) is 0 Å². The Morgan fingerprint density at radius 1 is 0.750 bits per heavy atom. The second-order valence-electron chi connectivity index (χ2n) is 3.66. The Labute approximate surface area is 113 Å². The van der Waals surface area contributed by atoms with E-state index in [1.54, 1.807) is 0 Å². The molecule has 1 rings (SSSR count). The first-order valence-electron chi connectivity index (χ1n) is 5.27. The molecule has 0 atom stereocenters. The fraction of sp³-hybridized carbons (Fsp3) is 0.167. The molecule has 106 valence electrons. The van der Waals surface area contributed by atoms with Crippen LogP contribution < -0.4 is 11.5 Å². The number of nitrogens with two attached hydrogens (primary N) is 2. The molecule has 0 unspecified atom stereocenters. The lowest BCUT2D eigenvalue weighted by atomic mass is 9.97. The highest BCUT2D eigenvalue weighted by Crippen LogP contribution is 2.19. The van der Waals surface area contributed by atoms with E-state index >= 15 is 0 Å². The van der Waals surface area contributed by atoms with Gasteiger partial charge in [0.25, 0.3) is 0 Å². The van der Waals surface area contributed by atoms with Gasteiger partial charge >= 0.3 is 11.9 Å². The maximum Gasteiger partial charge on any atom is 0.338 e. The zero-order valence-corrected chi connectivity index (χ0v) is 10.8. The molecule has 0 radical (unpaired) electrons. The van der Waals surface area contributed by atoms with Gasteiger partial charge in [-0.1, -0.05) is 0 Å². The van der Waals surface area contributed by atoms with E-state index in [0.29, 0.717) is 0 Å². The van der Waals surface area contributed by atoms with Gasteiger partial charge in [0, 0.05) is 0 Å². The Morgan fingerprint density at radius 3 is 1.25 bits per heavy atom. The van der Waals surface area contributed by atoms with Crippen LogP contribution in [-0.4, -0.2) is 38.0 Å². The summed E-state index contributed by atoms with van der Waals surface area (Å²) in [6, 6.07) is 1.95. The van der Waals surface area contributed by atoms with Crippen LogP contribution in [-0.2, 0) is 9.47 Å². The van der Waals surface area contributed by atoms with Gasteiger partial charge < -0.3 is 20.9 Å². The molecule has 0 saturated carbocycles. The van der Waals surface area contributed by atoms with Crippen molar-refractivity contribution in [3.05, 3.63) is 34.4 Å². The monoisotopic (exact) mass is 280 g/mol. The third-order valence-corrected chi connectivity index (χ3v) is 2.50. The van der Waals surface area contributed by atoms with Crippen LogP contribution in [0.15, 0.2) is 12.1 Å². The molecule has 0 heterocycles. The minimum Gasteiger partial charge on any atom is -0.465 e. The number of ether oxygens (including phenoxy) is 2. The summed E-state index contributed by atoms with van der Waals surface area (Å²) in [4.78, 5) is 45.8. The highest BCUT2D eigenvalue weighted by atomic mass is 16.5. The summed E-state index contributed by atoms with van der Waals surface area (Å²) >= 11 is 0. The molecule has 20 heavy (non-hydrogen) atoms. The highest BCUT2D eigenvalue weighted by Gasteiger charge is 2.24. The van der Waals surface area contributed by atoms with E-state index in [1.165, 1.54) is 0 Å². The fourth-order valence-corrected chi connectivity index (χ4v) is 1.57. The fourth-order valence-electron chi connectivity index (χ4n) is 1.57. The lowest BCUT2D eigenvalue weighted by molar-refractivity contribution is 0.0583. The summed E-state index contributed by atoms with van der Waals surface area (Å²) in [6.45, 7) is 0. The van der Waals surface area contributed by atoms with E-state index in [1.807, 2.05) is 0 Å². The van der Waals surface area contributed by atoms with Crippen molar-refractivity contribution in [1.29, 1.82) is 0 Å². The summed E-state index contributed by atoms with van der Waals surface area (Å²) in [6.07, 6.45) is 0. The molecule has 0 bridgehead atoms. The molecule has 0 spiro atoms. The number of carbonyl (C=O) groups is 4. The predicted molar refractivity (Wildman–Crippen MR) is 66.2 cm³/mol. The summed E-state index contributed by atoms with van der Waals surface area (Å²) < 4.78 is 8.95. The second-order valence-corrected chi connectivity index (χ2v) is 3.66. The average Bonchev–Trinajstić information content (AvgIpc) is 2.43. The van der Waals surface area contributed by atoms with Gasteiger partial charge in [0.05, 0.1) is 36.5 Å². The molecule has 8 heteroatoms. The first kappa shape index (κ1) is 15.2. The van der Waals surface area contributed by atoms with E-state index in [-0.39, 0.29) is 22.3 Å². The zero-order chi connectivity index (χ0) is 15.4. The molecule has 0 aromatic heterocycles. The van der Waals surface area contributed by atoms with Crippen molar-refractivity contribution < 1.29 is 28.7 Å². The van der Waals surface area contributed by atoms with E-state index in [9.17, 15) is 19.2 Å². The number of rotatable bonds is 4. The van der Waals surface area contributed by atoms with Crippen LogP contribution in [0.25, 0.3) is 0 Å². The highest BCUT2D eigenvalue weighted by molar-refractivity contribution is 6.11. The maximum absolute atomic E-state index is 11.6. The summed E-state index contributed by atoms with van der Waals surface area (Å²) in [5, 5.41) is 0. The second kappa shape index (κ2) is 5.83. The number of primary amides is 2. The number of esters is 2. The molecule has 0 aliphatic heterocycles. The number of methoxy groups -OCH3 is 2. The van der Waals surface area contributed by atoms with Crippen molar-refractivity contribution in [2.45, 2.75) is 0 Å². The van der Waals surface area contributed by atoms with Crippen molar-refractivity contribution in [1.82, 2.24) is 0 Å². The van der Waals surface area contributed by atoms with Crippen LogP contribution >= 0.6 is 0 Å². The van der Waals surface area contributed by atoms with Crippen LogP contribution in [0.2, 0.25) is 0 Å². The van der Waals surface area contributed by atoms with Gasteiger partial charge in [0.2, 0.25) is 11.8 Å². The van der Waals surface area contributed by atoms with Crippen molar-refractivity contribution in [3.63, 3.8) is 0 Å². The van der Waals surface area contributed by atoms with Crippen molar-refractivity contribution in [2.24, 2.45) is 11.5 Å². The Hall–Kier alpha value is -2.90. The summed E-state index contributed by atoms with van der Waals surface area (Å²) in [5.74, 6) is -3.71. The molecule has 2 amide bonds.